The number of nitrogens with zero attached hydrogens (tertiary/aromatic N) is 1. The van der Waals surface area contributed by atoms with Crippen LogP contribution in [0.5, 0.6) is 5.75 Å². The lowest BCUT2D eigenvalue weighted by molar-refractivity contribution is -0.118. The molecule has 1 aromatic heterocycles. The second-order valence-electron chi connectivity index (χ2n) is 5.00. The summed E-state index contributed by atoms with van der Waals surface area (Å²) >= 11 is 0. The number of amides is 1. The average molecular weight is 318 g/mol. The van der Waals surface area contributed by atoms with Crippen molar-refractivity contribution in [1.82, 2.24) is 4.57 Å². The third-order valence-electron chi connectivity index (χ3n) is 3.44. The van der Waals surface area contributed by atoms with E-state index in [1.165, 1.54) is 25.3 Å². The molecule has 1 aliphatic heterocycles. The highest BCUT2D eigenvalue weighted by molar-refractivity contribution is 5.95. The molecule has 1 aliphatic rings. The minimum atomic E-state index is -1.36. The highest BCUT2D eigenvalue weighted by Crippen LogP contribution is 2.33. The molecule has 0 spiro atoms. The number of halogens is 1. The van der Waals surface area contributed by atoms with Gasteiger partial charge in [-0.1, -0.05) is 0 Å². The van der Waals surface area contributed by atoms with Crippen molar-refractivity contribution in [2.45, 2.75) is 6.92 Å². The number of benzene rings is 1. The third-order valence-corrected chi connectivity index (χ3v) is 3.44. The number of hydrogen-bond acceptors (Lipinski definition) is 4. The molecule has 118 valence electrons. The molecule has 2 N–H and O–H groups in total. The van der Waals surface area contributed by atoms with Crippen LogP contribution in [0.1, 0.15) is 15.9 Å². The molecule has 2 heterocycles. The maximum Gasteiger partial charge on any atom is 0.341 e. The van der Waals surface area contributed by atoms with Gasteiger partial charge in [0.15, 0.2) is 18.2 Å². The lowest BCUT2D eigenvalue weighted by atomic mass is 10.1. The zero-order valence-corrected chi connectivity index (χ0v) is 11.9. The number of carboxylic acid groups (broad SMARTS) is 1. The standard InChI is InChI=1S/C15H11FN2O5/c1-7-2-3-18(14(20)12(7)15(21)22)8-4-9(16)13-10(5-8)17-11(19)6-23-13/h2-5H,6H2,1H3,(H,17,19)(H,21,22). The number of anilines is 1. The summed E-state index contributed by atoms with van der Waals surface area (Å²) in [4.78, 5) is 34.9. The van der Waals surface area contributed by atoms with E-state index in [-0.39, 0.29) is 23.7 Å². The lowest BCUT2D eigenvalue weighted by Gasteiger charge is -2.20. The van der Waals surface area contributed by atoms with E-state index >= 15 is 0 Å². The Morgan fingerprint density at radius 2 is 2.13 bits per heavy atom. The van der Waals surface area contributed by atoms with Crippen molar-refractivity contribution >= 4 is 17.6 Å². The minimum absolute atomic E-state index is 0.0829. The third kappa shape index (κ3) is 2.44. The predicted octanol–water partition coefficient (Wildman–Crippen LogP) is 1.31. The number of carbonyl (C=O) groups excluding carboxylic acids is 1. The largest absolute Gasteiger partial charge is 0.478 e. The number of carboxylic acids is 1. The maximum absolute atomic E-state index is 14.1. The summed E-state index contributed by atoms with van der Waals surface area (Å²) in [5.41, 5.74) is -0.722. The molecule has 0 atom stereocenters. The van der Waals surface area contributed by atoms with Gasteiger partial charge in [-0.2, -0.15) is 0 Å². The molecule has 3 rings (SSSR count). The van der Waals surface area contributed by atoms with Crippen molar-refractivity contribution in [2.24, 2.45) is 0 Å². The van der Waals surface area contributed by atoms with Gasteiger partial charge in [0.25, 0.3) is 11.5 Å². The second-order valence-corrected chi connectivity index (χ2v) is 5.00. The number of fused-ring (bicyclic) bond motifs is 1. The predicted molar refractivity (Wildman–Crippen MR) is 77.8 cm³/mol. The van der Waals surface area contributed by atoms with E-state index in [1.807, 2.05) is 0 Å². The van der Waals surface area contributed by atoms with Gasteiger partial charge in [0.05, 0.1) is 11.4 Å². The van der Waals surface area contributed by atoms with Crippen molar-refractivity contribution < 1.29 is 23.8 Å². The topological polar surface area (TPSA) is 97.6 Å². The summed E-state index contributed by atoms with van der Waals surface area (Å²) in [6.07, 6.45) is 1.34. The number of hydrogen-bond donors (Lipinski definition) is 2. The first-order valence-electron chi connectivity index (χ1n) is 6.60. The first-order chi connectivity index (χ1) is 10.9. The monoisotopic (exact) mass is 318 g/mol. The van der Waals surface area contributed by atoms with Gasteiger partial charge in [-0.3, -0.25) is 14.2 Å². The molecule has 0 radical (unpaired) electrons. The summed E-state index contributed by atoms with van der Waals surface area (Å²) in [5.74, 6) is -2.69. The highest BCUT2D eigenvalue weighted by Gasteiger charge is 2.22. The maximum atomic E-state index is 14.1. The Kier molecular flexibility index (Phi) is 3.36. The number of pyridine rings is 1. The van der Waals surface area contributed by atoms with Crippen LogP contribution in [0.3, 0.4) is 0 Å². The first-order valence-corrected chi connectivity index (χ1v) is 6.60. The SMILES string of the molecule is Cc1ccn(-c2cc(F)c3c(c2)NC(=O)CO3)c(=O)c1C(=O)O. The highest BCUT2D eigenvalue weighted by atomic mass is 19.1. The fourth-order valence-corrected chi connectivity index (χ4v) is 2.37. The number of aryl methyl sites for hydroxylation is 1. The van der Waals surface area contributed by atoms with Gasteiger partial charge in [0, 0.05) is 12.3 Å². The molecule has 8 heteroatoms. The Balaban J connectivity index is 2.21. The summed E-state index contributed by atoms with van der Waals surface area (Å²) in [7, 11) is 0. The molecular weight excluding hydrogens is 307 g/mol. The number of rotatable bonds is 2. The quantitative estimate of drug-likeness (QED) is 0.870. The van der Waals surface area contributed by atoms with Crippen LogP contribution < -0.4 is 15.6 Å². The Morgan fingerprint density at radius 1 is 1.39 bits per heavy atom. The van der Waals surface area contributed by atoms with Crippen molar-refractivity contribution in [3.63, 3.8) is 0 Å². The number of aromatic nitrogens is 1. The zero-order valence-electron chi connectivity index (χ0n) is 11.9. The van der Waals surface area contributed by atoms with E-state index in [4.69, 9.17) is 9.84 Å². The van der Waals surface area contributed by atoms with Crippen LogP contribution in [0, 0.1) is 12.7 Å². The molecule has 23 heavy (non-hydrogen) atoms. The van der Waals surface area contributed by atoms with Gasteiger partial charge < -0.3 is 15.2 Å². The smallest absolute Gasteiger partial charge is 0.341 e. The molecule has 0 aliphatic carbocycles. The van der Waals surface area contributed by atoms with E-state index in [0.29, 0.717) is 5.56 Å². The molecule has 0 bridgehead atoms. The Bertz CT molecular complexity index is 903. The Hall–Kier alpha value is -3.16. The first kappa shape index (κ1) is 14.8. The minimum Gasteiger partial charge on any atom is -0.478 e. The summed E-state index contributed by atoms with van der Waals surface area (Å²) in [6.45, 7) is 1.20. The van der Waals surface area contributed by atoms with Crippen LogP contribution in [-0.2, 0) is 4.79 Å². The number of nitrogens with one attached hydrogen (secondary N) is 1. The Labute approximate surface area is 128 Å². The van der Waals surface area contributed by atoms with Crippen LogP contribution in [0.25, 0.3) is 5.69 Å². The molecule has 7 nitrogen and oxygen atoms in total. The molecule has 0 saturated carbocycles. The number of aromatic carboxylic acids is 1. The van der Waals surface area contributed by atoms with E-state index in [2.05, 4.69) is 5.32 Å². The molecule has 2 aromatic rings. The van der Waals surface area contributed by atoms with Gasteiger partial charge in [-0.15, -0.1) is 0 Å². The van der Waals surface area contributed by atoms with Crippen LogP contribution in [0.4, 0.5) is 10.1 Å². The van der Waals surface area contributed by atoms with Gasteiger partial charge in [-0.25, -0.2) is 9.18 Å². The Morgan fingerprint density at radius 3 is 2.83 bits per heavy atom. The summed E-state index contributed by atoms with van der Waals surface area (Å²) < 4.78 is 20.1. The molecule has 1 amide bonds. The molecular formula is C15H11FN2O5. The summed E-state index contributed by atoms with van der Waals surface area (Å²) in [5, 5.41) is 11.6. The second kappa shape index (κ2) is 5.24. The molecule has 0 saturated heterocycles. The number of carbonyl (C=O) groups is 2. The van der Waals surface area contributed by atoms with Crippen molar-refractivity contribution in [3.8, 4) is 11.4 Å². The van der Waals surface area contributed by atoms with Crippen LogP contribution in [-0.4, -0.2) is 28.2 Å². The normalized spacial score (nSPS) is 13.0. The molecule has 0 unspecified atom stereocenters. The van der Waals surface area contributed by atoms with E-state index in [0.717, 1.165) is 10.6 Å². The lowest BCUT2D eigenvalue weighted by Crippen LogP contribution is -2.28. The molecule has 1 aromatic carbocycles. The molecule has 0 fully saturated rings. The summed E-state index contributed by atoms with van der Waals surface area (Å²) in [6, 6.07) is 3.83. The van der Waals surface area contributed by atoms with Gasteiger partial charge >= 0.3 is 5.97 Å². The van der Waals surface area contributed by atoms with Gasteiger partial charge in [0.2, 0.25) is 0 Å². The van der Waals surface area contributed by atoms with Crippen LogP contribution in [0.15, 0.2) is 29.2 Å². The van der Waals surface area contributed by atoms with Crippen molar-refractivity contribution in [1.29, 1.82) is 0 Å². The van der Waals surface area contributed by atoms with Gasteiger partial charge in [0.1, 0.15) is 5.56 Å². The van der Waals surface area contributed by atoms with E-state index in [1.54, 1.807) is 0 Å². The number of ether oxygens (including phenoxy) is 1. The van der Waals surface area contributed by atoms with E-state index in [9.17, 15) is 18.8 Å². The zero-order chi connectivity index (χ0) is 16.7. The van der Waals surface area contributed by atoms with Crippen molar-refractivity contribution in [2.75, 3.05) is 11.9 Å². The fraction of sp³-hybridized carbons (Fsp3) is 0.133. The van der Waals surface area contributed by atoms with Gasteiger partial charge in [-0.05, 0) is 24.6 Å². The van der Waals surface area contributed by atoms with Crippen LogP contribution >= 0.6 is 0 Å². The average Bonchev–Trinajstić information content (AvgIpc) is 2.46. The van der Waals surface area contributed by atoms with Crippen molar-refractivity contribution in [3.05, 3.63) is 51.7 Å². The van der Waals surface area contributed by atoms with E-state index < -0.39 is 28.8 Å². The van der Waals surface area contributed by atoms with Crippen LogP contribution in [0.2, 0.25) is 0 Å². The fourth-order valence-electron chi connectivity index (χ4n) is 2.37.